The van der Waals surface area contributed by atoms with Crippen molar-refractivity contribution in [1.29, 1.82) is 0 Å². The summed E-state index contributed by atoms with van der Waals surface area (Å²) in [6, 6.07) is 8.55. The van der Waals surface area contributed by atoms with Gasteiger partial charge in [0.2, 0.25) is 0 Å². The van der Waals surface area contributed by atoms with Gasteiger partial charge in [0.05, 0.1) is 0 Å². The molecule has 0 bridgehead atoms. The molecule has 0 spiro atoms. The van der Waals surface area contributed by atoms with Gasteiger partial charge in [-0.1, -0.05) is 125 Å². The Bertz CT molecular complexity index is 1110. The van der Waals surface area contributed by atoms with E-state index >= 15 is 0 Å². The molecule has 0 saturated carbocycles. The number of phenolic OH excluding ortho intramolecular Hbond substituents is 1. The molecule has 41 heavy (non-hydrogen) atoms. The van der Waals surface area contributed by atoms with Gasteiger partial charge in [-0.3, -0.25) is 0 Å². The summed E-state index contributed by atoms with van der Waals surface area (Å²) in [6.45, 7) is 21.7. The zero-order valence-corrected chi connectivity index (χ0v) is 28.7. The first-order valence-corrected chi connectivity index (χ1v) is 17.1. The third-order valence-electron chi connectivity index (χ3n) is 8.63. The van der Waals surface area contributed by atoms with Gasteiger partial charge in [0.1, 0.15) is 11.5 Å². The van der Waals surface area contributed by atoms with Gasteiger partial charge in [-0.15, -0.1) is 0 Å². The first-order valence-electron chi connectivity index (χ1n) is 15.9. The summed E-state index contributed by atoms with van der Waals surface area (Å²) in [5.74, 6) is 0.913. The van der Waals surface area contributed by atoms with Gasteiger partial charge in [0, 0.05) is 11.0 Å². The highest BCUT2D eigenvalue weighted by Crippen LogP contribution is 2.49. The average molecular weight is 587 g/mol. The fourth-order valence-corrected chi connectivity index (χ4v) is 6.88. The highest BCUT2D eigenvalue weighted by molar-refractivity contribution is 7.39. The molecule has 4 nitrogen and oxygen atoms in total. The predicted octanol–water partition coefficient (Wildman–Crippen LogP) is 10.8. The van der Waals surface area contributed by atoms with Crippen molar-refractivity contribution in [2.45, 2.75) is 156 Å². The quantitative estimate of drug-likeness (QED) is 0.143. The lowest BCUT2D eigenvalue weighted by molar-refractivity contribution is 0.368. The van der Waals surface area contributed by atoms with E-state index in [1.54, 1.807) is 0 Å². The maximum Gasteiger partial charge on any atom is 0.391 e. The van der Waals surface area contributed by atoms with E-state index in [0.29, 0.717) is 11.5 Å². The minimum atomic E-state index is -2.51. The van der Waals surface area contributed by atoms with Crippen molar-refractivity contribution in [1.82, 2.24) is 0 Å². The summed E-state index contributed by atoms with van der Waals surface area (Å²) in [7, 11) is -2.51. The molecule has 1 unspecified atom stereocenters. The maximum absolute atomic E-state index is 11.0. The summed E-state index contributed by atoms with van der Waals surface area (Å²) >= 11 is 0. The molecule has 0 fully saturated rings. The summed E-state index contributed by atoms with van der Waals surface area (Å²) < 4.78 is 5.59. The maximum atomic E-state index is 11.0. The Kier molecular flexibility index (Phi) is 13.2. The SMILES string of the molecule is CCCCCCCCCCC(CCC)(c1cc(C(C)(C)C)c(O)cc1C)c1cc(C(C)(C)C)c(OP(O)O)cc1C. The molecule has 232 valence electrons. The molecule has 2 aromatic rings. The van der Waals surface area contributed by atoms with Gasteiger partial charge < -0.3 is 19.4 Å². The van der Waals surface area contributed by atoms with E-state index in [0.717, 1.165) is 47.9 Å². The van der Waals surface area contributed by atoms with E-state index in [1.165, 1.54) is 56.1 Å². The van der Waals surface area contributed by atoms with Crippen molar-refractivity contribution < 1.29 is 19.4 Å². The first-order chi connectivity index (χ1) is 19.1. The van der Waals surface area contributed by atoms with Gasteiger partial charge in [0.15, 0.2) is 0 Å². The van der Waals surface area contributed by atoms with E-state index in [2.05, 4.69) is 81.4 Å². The molecule has 3 N–H and O–H groups in total. The summed E-state index contributed by atoms with van der Waals surface area (Å²) in [6.07, 6.45) is 13.3. The first kappa shape index (κ1) is 35.6. The zero-order chi connectivity index (χ0) is 31.0. The zero-order valence-electron chi connectivity index (χ0n) is 27.8. The van der Waals surface area contributed by atoms with Crippen molar-refractivity contribution >= 4 is 8.60 Å². The average Bonchev–Trinajstić information content (AvgIpc) is 2.83. The van der Waals surface area contributed by atoms with Gasteiger partial charge in [-0.05, 0) is 77.5 Å². The fraction of sp³-hybridized carbons (Fsp3) is 0.667. The van der Waals surface area contributed by atoms with Crippen LogP contribution in [0.5, 0.6) is 11.5 Å². The van der Waals surface area contributed by atoms with Crippen LogP contribution in [-0.4, -0.2) is 14.9 Å². The number of rotatable bonds is 15. The van der Waals surface area contributed by atoms with Crippen molar-refractivity contribution in [3.8, 4) is 11.5 Å². The van der Waals surface area contributed by atoms with Crippen molar-refractivity contribution in [2.24, 2.45) is 0 Å². The van der Waals surface area contributed by atoms with Gasteiger partial charge in [-0.2, -0.15) is 0 Å². The lowest BCUT2D eigenvalue weighted by Crippen LogP contribution is -2.31. The second-order valence-electron chi connectivity index (χ2n) is 14.2. The molecule has 0 saturated heterocycles. The van der Waals surface area contributed by atoms with E-state index in [9.17, 15) is 14.9 Å². The van der Waals surface area contributed by atoms with E-state index in [1.807, 2.05) is 12.1 Å². The Morgan fingerprint density at radius 1 is 0.610 bits per heavy atom. The highest BCUT2D eigenvalue weighted by atomic mass is 31.2. The topological polar surface area (TPSA) is 69.9 Å². The largest absolute Gasteiger partial charge is 0.508 e. The lowest BCUT2D eigenvalue weighted by atomic mass is 9.64. The molecule has 2 aromatic carbocycles. The van der Waals surface area contributed by atoms with Crippen LogP contribution in [0.15, 0.2) is 24.3 Å². The Morgan fingerprint density at radius 2 is 1.10 bits per heavy atom. The summed E-state index contributed by atoms with van der Waals surface area (Å²) in [5, 5.41) is 11.0. The number of hydrogen-bond donors (Lipinski definition) is 3. The van der Waals surface area contributed by atoms with Gasteiger partial charge in [-0.25, -0.2) is 0 Å². The predicted molar refractivity (Wildman–Crippen MR) is 176 cm³/mol. The Labute approximate surface area is 253 Å². The van der Waals surface area contributed by atoms with Crippen LogP contribution in [0.2, 0.25) is 0 Å². The molecule has 1 atom stereocenters. The third kappa shape index (κ3) is 9.44. The summed E-state index contributed by atoms with van der Waals surface area (Å²) in [5.41, 5.74) is 6.10. The molecule has 0 aromatic heterocycles. The van der Waals surface area contributed by atoms with Crippen LogP contribution in [0.4, 0.5) is 0 Å². The van der Waals surface area contributed by atoms with E-state index < -0.39 is 8.60 Å². The van der Waals surface area contributed by atoms with Crippen LogP contribution in [0.25, 0.3) is 0 Å². The Hall–Kier alpha value is -1.61. The number of benzene rings is 2. The van der Waals surface area contributed by atoms with Gasteiger partial charge >= 0.3 is 8.60 Å². The van der Waals surface area contributed by atoms with Crippen LogP contribution in [0.3, 0.4) is 0 Å². The Balaban J connectivity index is 2.75. The Morgan fingerprint density at radius 3 is 1.59 bits per heavy atom. The molecule has 0 heterocycles. The third-order valence-corrected chi connectivity index (χ3v) is 8.99. The van der Waals surface area contributed by atoms with Gasteiger partial charge in [0.25, 0.3) is 0 Å². The van der Waals surface area contributed by atoms with Crippen LogP contribution in [-0.2, 0) is 16.2 Å². The van der Waals surface area contributed by atoms with Crippen LogP contribution in [0, 0.1) is 13.8 Å². The van der Waals surface area contributed by atoms with E-state index in [4.69, 9.17) is 4.52 Å². The minimum absolute atomic E-state index is 0.189. The molecule has 0 radical (unpaired) electrons. The second kappa shape index (κ2) is 15.2. The van der Waals surface area contributed by atoms with Crippen LogP contribution in [0.1, 0.15) is 159 Å². The molecule has 0 aliphatic carbocycles. The molecule has 2 rings (SSSR count). The molecular formula is C36H59O4P. The number of aromatic hydroxyl groups is 1. The van der Waals surface area contributed by atoms with Crippen LogP contribution < -0.4 is 4.52 Å². The number of hydrogen-bond acceptors (Lipinski definition) is 4. The monoisotopic (exact) mass is 586 g/mol. The second-order valence-corrected chi connectivity index (χ2v) is 14.9. The highest BCUT2D eigenvalue weighted by Gasteiger charge is 2.38. The fourth-order valence-electron chi connectivity index (χ4n) is 6.55. The smallest absolute Gasteiger partial charge is 0.391 e. The molecular weight excluding hydrogens is 527 g/mol. The molecule has 0 amide bonds. The van der Waals surface area contributed by atoms with Crippen LogP contribution >= 0.6 is 8.60 Å². The van der Waals surface area contributed by atoms with Crippen molar-refractivity contribution in [3.05, 3.63) is 57.6 Å². The number of aryl methyl sites for hydroxylation is 2. The van der Waals surface area contributed by atoms with Crippen molar-refractivity contribution in [2.75, 3.05) is 0 Å². The van der Waals surface area contributed by atoms with Crippen molar-refractivity contribution in [3.63, 3.8) is 0 Å². The molecule has 0 aliphatic heterocycles. The molecule has 5 heteroatoms. The normalized spacial score (nSPS) is 14.0. The van der Waals surface area contributed by atoms with E-state index in [-0.39, 0.29) is 16.2 Å². The number of unbranched alkanes of at least 4 members (excludes halogenated alkanes) is 7. The summed E-state index contributed by atoms with van der Waals surface area (Å²) in [4.78, 5) is 19.5. The molecule has 0 aliphatic rings. The minimum Gasteiger partial charge on any atom is -0.508 e. The standard InChI is InChI=1S/C36H59O4P/c1-11-13-14-15-16-17-18-19-21-36(20-12-2,28-24-30(34(5,6)7)32(37)22-26(28)3)29-25-31(35(8,9)10)33(23-27(29)4)40-41(38)39/h22-25,37-39H,11-21H2,1-10H3. The number of phenols is 1. The lowest BCUT2D eigenvalue weighted by Gasteiger charge is -2.40.